The molecule has 2 aromatic rings. The van der Waals surface area contributed by atoms with Crippen LogP contribution in [0.3, 0.4) is 0 Å². The number of carboxylic acid groups (broad SMARTS) is 1. The fourth-order valence-electron chi connectivity index (χ4n) is 6.89. The van der Waals surface area contributed by atoms with Crippen LogP contribution in [0.25, 0.3) is 0 Å². The minimum Gasteiger partial charge on any atom is -0.481 e. The van der Waals surface area contributed by atoms with Crippen molar-refractivity contribution in [3.05, 3.63) is 69.7 Å². The molecule has 0 bridgehead atoms. The number of amides is 1. The number of aliphatic carboxylic acids is 1. The first kappa shape index (κ1) is 28.0. The highest BCUT2D eigenvalue weighted by atomic mass is 35.5. The lowest BCUT2D eigenvalue weighted by Gasteiger charge is -2.54. The Balaban J connectivity index is 1.50. The van der Waals surface area contributed by atoms with E-state index < -0.39 is 38.9 Å². The fraction of sp³-hybridized carbons (Fsp3) is 0.533. The molecule has 2 N–H and O–H groups in total. The third kappa shape index (κ3) is 4.85. The molecule has 0 radical (unpaired) electrons. The van der Waals surface area contributed by atoms with Crippen molar-refractivity contribution in [2.45, 2.75) is 75.1 Å². The molecule has 4 fully saturated rings. The maximum atomic E-state index is 14.8. The van der Waals surface area contributed by atoms with E-state index >= 15 is 0 Å². The van der Waals surface area contributed by atoms with Gasteiger partial charge in [-0.15, -0.1) is 0 Å². The number of nitrogens with one attached hydrogen (secondary N) is 1. The number of nitrogens with zero attached hydrogens (tertiary/aromatic N) is 1. The van der Waals surface area contributed by atoms with Crippen molar-refractivity contribution in [3.8, 4) is 0 Å². The van der Waals surface area contributed by atoms with Gasteiger partial charge >= 0.3 is 5.97 Å². The predicted octanol–water partition coefficient (Wildman–Crippen LogP) is 5.78. The molecule has 1 aliphatic heterocycles. The second-order valence-corrected chi connectivity index (χ2v) is 15.2. The van der Waals surface area contributed by atoms with E-state index in [2.05, 4.69) is 4.72 Å². The van der Waals surface area contributed by atoms with Crippen LogP contribution in [0.15, 0.2) is 48.5 Å². The molecule has 3 aliphatic carbocycles. The van der Waals surface area contributed by atoms with Gasteiger partial charge in [0.25, 0.3) is 0 Å². The standard InChI is InChI=1S/C30H34Cl2N2O5S/c1-29(30(13-14-30)28(36)37)16-24(20-3-2-4-22(32)15-20)26(19-7-9-21(31)10-8-19)34(27(29)35)25(18-5-6-18)17-33-40(38,39)23-11-12-23/h2-4,7-10,15,18,23-26,33H,5-6,11-14,16-17H2,1H3,(H,36,37). The molecule has 0 aromatic heterocycles. The topological polar surface area (TPSA) is 104 Å². The van der Waals surface area contributed by atoms with Crippen molar-refractivity contribution in [3.63, 3.8) is 0 Å². The van der Waals surface area contributed by atoms with Crippen molar-refractivity contribution in [2.24, 2.45) is 16.7 Å². The van der Waals surface area contributed by atoms with Crippen LogP contribution in [-0.2, 0) is 19.6 Å². The van der Waals surface area contributed by atoms with Gasteiger partial charge < -0.3 is 10.0 Å². The van der Waals surface area contributed by atoms with Crippen LogP contribution in [0.1, 0.15) is 75.0 Å². The summed E-state index contributed by atoms with van der Waals surface area (Å²) < 4.78 is 28.6. The van der Waals surface area contributed by atoms with E-state index in [4.69, 9.17) is 23.2 Å². The Morgan fingerprint density at radius 3 is 2.27 bits per heavy atom. The Bertz CT molecular complexity index is 1440. The van der Waals surface area contributed by atoms with E-state index in [1.165, 1.54) is 0 Å². The highest BCUT2D eigenvalue weighted by Crippen LogP contribution is 2.66. The Morgan fingerprint density at radius 2 is 1.73 bits per heavy atom. The Labute approximate surface area is 245 Å². The normalized spacial score (nSPS) is 28.8. The number of carbonyl (C=O) groups is 2. The summed E-state index contributed by atoms with van der Waals surface area (Å²) in [6.07, 6.45) is 4.28. The highest BCUT2D eigenvalue weighted by Gasteiger charge is 2.70. The summed E-state index contributed by atoms with van der Waals surface area (Å²) in [5.74, 6) is -1.30. The minimum absolute atomic E-state index is 0.109. The predicted molar refractivity (Wildman–Crippen MR) is 154 cm³/mol. The first-order valence-electron chi connectivity index (χ1n) is 14.0. The number of hydrogen-bond acceptors (Lipinski definition) is 4. The van der Waals surface area contributed by atoms with Crippen LogP contribution >= 0.6 is 23.2 Å². The summed E-state index contributed by atoms with van der Waals surface area (Å²) in [5.41, 5.74) is -0.519. The number of sulfonamides is 1. The van der Waals surface area contributed by atoms with Gasteiger partial charge in [0.2, 0.25) is 15.9 Å². The smallest absolute Gasteiger partial charge is 0.310 e. The molecule has 3 saturated carbocycles. The highest BCUT2D eigenvalue weighted by molar-refractivity contribution is 7.90. The summed E-state index contributed by atoms with van der Waals surface area (Å²) in [7, 11) is -3.48. The fourth-order valence-corrected chi connectivity index (χ4v) is 8.61. The van der Waals surface area contributed by atoms with Crippen molar-refractivity contribution >= 4 is 45.1 Å². The summed E-state index contributed by atoms with van der Waals surface area (Å²) in [5, 5.41) is 11.1. The molecule has 1 saturated heterocycles. The third-order valence-corrected chi connectivity index (χ3v) is 12.1. The molecule has 0 spiro atoms. The van der Waals surface area contributed by atoms with Gasteiger partial charge in [-0.3, -0.25) is 9.59 Å². The van der Waals surface area contributed by atoms with E-state index in [-0.39, 0.29) is 29.5 Å². The number of hydrogen-bond donors (Lipinski definition) is 2. The van der Waals surface area contributed by atoms with E-state index in [1.54, 1.807) is 25.1 Å². The van der Waals surface area contributed by atoms with Gasteiger partial charge in [-0.25, -0.2) is 13.1 Å². The number of piperidine rings is 1. The average molecular weight is 606 g/mol. The zero-order valence-electron chi connectivity index (χ0n) is 22.4. The maximum Gasteiger partial charge on any atom is 0.310 e. The Hall–Kier alpha value is -2.13. The Morgan fingerprint density at radius 1 is 1.05 bits per heavy atom. The quantitative estimate of drug-likeness (QED) is 0.357. The van der Waals surface area contributed by atoms with Crippen molar-refractivity contribution < 1.29 is 23.1 Å². The monoisotopic (exact) mass is 604 g/mol. The molecule has 7 nitrogen and oxygen atoms in total. The number of rotatable bonds is 10. The molecule has 2 aromatic carbocycles. The molecule has 4 unspecified atom stereocenters. The second kappa shape index (κ2) is 10.0. The maximum absolute atomic E-state index is 14.8. The SMILES string of the molecule is CC1(C2(C(=O)O)CC2)CC(c2cccc(Cl)c2)C(c2ccc(Cl)cc2)N(C(CNS(=O)(=O)C2CC2)C2CC2)C1=O. The summed E-state index contributed by atoms with van der Waals surface area (Å²) >= 11 is 12.7. The van der Waals surface area contributed by atoms with Crippen molar-refractivity contribution in [1.82, 2.24) is 9.62 Å². The van der Waals surface area contributed by atoms with Crippen molar-refractivity contribution in [1.29, 1.82) is 0 Å². The summed E-state index contributed by atoms with van der Waals surface area (Å²) in [6, 6.07) is 14.1. The number of carboxylic acids is 1. The van der Waals surface area contributed by atoms with Gasteiger partial charge in [0.05, 0.1) is 22.1 Å². The number of halogens is 2. The number of likely N-dealkylation sites (tertiary alicyclic amines) is 1. The first-order valence-corrected chi connectivity index (χ1v) is 16.3. The first-order chi connectivity index (χ1) is 19.0. The van der Waals surface area contributed by atoms with Crippen LogP contribution in [0.4, 0.5) is 0 Å². The summed E-state index contributed by atoms with van der Waals surface area (Å²) in [4.78, 5) is 29.3. The van der Waals surface area contributed by atoms with E-state index in [0.29, 0.717) is 42.1 Å². The van der Waals surface area contributed by atoms with Gasteiger partial charge in [-0.05, 0) is 93.2 Å². The molecule has 40 heavy (non-hydrogen) atoms. The molecule has 1 amide bonds. The van der Waals surface area contributed by atoms with Crippen molar-refractivity contribution in [2.75, 3.05) is 6.54 Å². The second-order valence-electron chi connectivity index (χ2n) is 12.3. The van der Waals surface area contributed by atoms with Gasteiger partial charge in [0, 0.05) is 28.5 Å². The van der Waals surface area contributed by atoms with Gasteiger partial charge in [-0.1, -0.05) is 47.5 Å². The Kier molecular flexibility index (Phi) is 7.00. The summed E-state index contributed by atoms with van der Waals surface area (Å²) in [6.45, 7) is 1.91. The molecule has 4 atom stereocenters. The average Bonchev–Trinajstić information content (AvgIpc) is 3.77. The van der Waals surface area contributed by atoms with E-state index in [1.807, 2.05) is 35.2 Å². The minimum atomic E-state index is -3.48. The van der Waals surface area contributed by atoms with Gasteiger partial charge in [0.15, 0.2) is 0 Å². The van der Waals surface area contributed by atoms with Gasteiger partial charge in [-0.2, -0.15) is 0 Å². The molecule has 214 valence electrons. The lowest BCUT2D eigenvalue weighted by molar-refractivity contribution is -0.170. The van der Waals surface area contributed by atoms with Gasteiger partial charge in [0.1, 0.15) is 0 Å². The molecule has 1 heterocycles. The molecule has 4 aliphatic rings. The lowest BCUT2D eigenvalue weighted by atomic mass is 9.61. The molecular formula is C30H34Cl2N2O5S. The molecule has 10 heteroatoms. The third-order valence-electron chi connectivity index (χ3n) is 9.70. The zero-order chi connectivity index (χ0) is 28.4. The van der Waals surface area contributed by atoms with E-state index in [9.17, 15) is 23.1 Å². The van der Waals surface area contributed by atoms with Crippen LogP contribution in [0.2, 0.25) is 10.0 Å². The number of carbonyl (C=O) groups excluding carboxylic acids is 1. The molecule has 6 rings (SSSR count). The van der Waals surface area contributed by atoms with Crippen LogP contribution < -0.4 is 4.72 Å². The number of benzene rings is 2. The van der Waals surface area contributed by atoms with E-state index in [0.717, 1.165) is 24.0 Å². The lowest BCUT2D eigenvalue weighted by Crippen LogP contribution is -2.61. The largest absolute Gasteiger partial charge is 0.481 e. The molecular weight excluding hydrogens is 571 g/mol. The zero-order valence-corrected chi connectivity index (χ0v) is 24.7. The van der Waals surface area contributed by atoms with Crippen LogP contribution in [-0.4, -0.2) is 48.1 Å². The van der Waals surface area contributed by atoms with Crippen LogP contribution in [0, 0.1) is 16.7 Å². The van der Waals surface area contributed by atoms with Crippen LogP contribution in [0.5, 0.6) is 0 Å².